The van der Waals surface area contributed by atoms with E-state index < -0.39 is 0 Å². The zero-order chi connectivity index (χ0) is 19.1. The summed E-state index contributed by atoms with van der Waals surface area (Å²) < 4.78 is 5.40. The number of rotatable bonds is 6. The van der Waals surface area contributed by atoms with Crippen molar-refractivity contribution < 1.29 is 14.4 Å². The van der Waals surface area contributed by atoms with Crippen molar-refractivity contribution in [1.29, 1.82) is 0 Å². The van der Waals surface area contributed by atoms with Crippen LogP contribution < -0.4 is 10.2 Å². The molecule has 2 N–H and O–H groups in total. The van der Waals surface area contributed by atoms with E-state index in [1.165, 1.54) is 11.1 Å². The molecular formula is C23H29N2O2+. The van der Waals surface area contributed by atoms with E-state index in [9.17, 15) is 4.79 Å². The molecule has 4 heteroatoms. The molecule has 4 nitrogen and oxygen atoms in total. The second-order valence-corrected chi connectivity index (χ2v) is 7.38. The molecule has 0 aromatic heterocycles. The van der Waals surface area contributed by atoms with Crippen molar-refractivity contribution >= 4 is 17.7 Å². The lowest BCUT2D eigenvalue weighted by atomic mass is 10.0. The molecule has 1 fully saturated rings. The number of anilines is 1. The number of quaternary nitrogens is 1. The van der Waals surface area contributed by atoms with Crippen LogP contribution in [0.15, 0.2) is 54.6 Å². The van der Waals surface area contributed by atoms with Gasteiger partial charge in [0.25, 0.3) is 0 Å². The monoisotopic (exact) mass is 365 g/mol. The highest BCUT2D eigenvalue weighted by atomic mass is 16.5. The molecule has 0 radical (unpaired) electrons. The van der Waals surface area contributed by atoms with Crippen molar-refractivity contribution in [2.75, 3.05) is 31.6 Å². The Hall–Kier alpha value is -2.43. The fraction of sp³-hybridized carbons (Fsp3) is 0.348. The molecule has 2 aromatic rings. The molecule has 1 aliphatic rings. The average Bonchev–Trinajstić information content (AvgIpc) is 2.69. The van der Waals surface area contributed by atoms with E-state index in [1.54, 1.807) is 11.0 Å². The van der Waals surface area contributed by atoms with Crippen LogP contribution in [-0.2, 0) is 16.1 Å². The van der Waals surface area contributed by atoms with Gasteiger partial charge in [-0.25, -0.2) is 0 Å². The summed E-state index contributed by atoms with van der Waals surface area (Å²) in [4.78, 5) is 13.7. The molecule has 0 aliphatic carbocycles. The first-order chi connectivity index (χ1) is 13.1. The molecule has 142 valence electrons. The summed E-state index contributed by atoms with van der Waals surface area (Å²) in [5.74, 6) is 0.397. The highest BCUT2D eigenvalue weighted by Crippen LogP contribution is 2.15. The number of hydrogen-bond donors (Lipinski definition) is 2. The van der Waals surface area contributed by atoms with Crippen LogP contribution >= 0.6 is 0 Å². The van der Waals surface area contributed by atoms with Gasteiger partial charge in [-0.2, -0.15) is 0 Å². The zero-order valence-electron chi connectivity index (χ0n) is 16.2. The Bertz CT molecular complexity index is 758. The Morgan fingerprint density at radius 2 is 1.74 bits per heavy atom. The number of carbonyl (C=O) groups excluding carboxylic acids is 1. The molecule has 0 saturated carbocycles. The van der Waals surface area contributed by atoms with Crippen molar-refractivity contribution in [3.05, 3.63) is 71.3 Å². The third kappa shape index (κ3) is 6.05. The Morgan fingerprint density at radius 3 is 2.37 bits per heavy atom. The van der Waals surface area contributed by atoms with Crippen LogP contribution in [0, 0.1) is 0 Å². The molecule has 1 heterocycles. The summed E-state index contributed by atoms with van der Waals surface area (Å²) >= 11 is 0. The molecule has 0 bridgehead atoms. The fourth-order valence-electron chi connectivity index (χ4n) is 3.18. The number of ether oxygens (including phenoxy) is 1. The average molecular weight is 365 g/mol. The molecule has 0 spiro atoms. The molecular weight excluding hydrogens is 336 g/mol. The lowest BCUT2D eigenvalue weighted by Gasteiger charge is -2.23. The fourth-order valence-corrected chi connectivity index (χ4v) is 3.18. The molecule has 3 rings (SSSR count). The van der Waals surface area contributed by atoms with Gasteiger partial charge in [-0.3, -0.25) is 4.79 Å². The third-order valence-electron chi connectivity index (χ3n) is 4.91. The smallest absolute Gasteiger partial charge is 0.248 e. The first kappa shape index (κ1) is 19.3. The highest BCUT2D eigenvalue weighted by molar-refractivity contribution is 6.01. The van der Waals surface area contributed by atoms with E-state index in [0.717, 1.165) is 44.1 Å². The topological polar surface area (TPSA) is 42.8 Å². The summed E-state index contributed by atoms with van der Waals surface area (Å²) in [5.41, 5.74) is 4.43. The zero-order valence-corrected chi connectivity index (χ0v) is 16.2. The molecule has 0 atom stereocenters. The summed E-state index contributed by atoms with van der Waals surface area (Å²) in [6, 6.07) is 16.4. The maximum absolute atomic E-state index is 12.1. The molecule has 1 aliphatic heterocycles. The van der Waals surface area contributed by atoms with Gasteiger partial charge in [0.2, 0.25) is 5.91 Å². The van der Waals surface area contributed by atoms with Gasteiger partial charge >= 0.3 is 0 Å². The minimum absolute atomic E-state index is 0.116. The van der Waals surface area contributed by atoms with Crippen molar-refractivity contribution in [2.24, 2.45) is 0 Å². The van der Waals surface area contributed by atoms with Crippen LogP contribution in [0.3, 0.4) is 0 Å². The van der Waals surface area contributed by atoms with Gasteiger partial charge < -0.3 is 15.0 Å². The lowest BCUT2D eigenvalue weighted by molar-refractivity contribution is -0.921. The van der Waals surface area contributed by atoms with Crippen molar-refractivity contribution in [3.63, 3.8) is 0 Å². The van der Waals surface area contributed by atoms with E-state index in [1.807, 2.05) is 30.3 Å². The second kappa shape index (κ2) is 9.49. The van der Waals surface area contributed by atoms with E-state index >= 15 is 0 Å². The van der Waals surface area contributed by atoms with Crippen LogP contribution in [0.5, 0.6) is 0 Å². The standard InChI is InChI=1S/C23H28N2O2/c1-18(2)21-8-3-19(4-9-21)7-12-23(26)24-22-10-5-20(6-11-22)17-25-13-15-27-16-14-25/h3-12,18H,13-17H2,1-2H3,(H,24,26)/p+1/b12-7+. The van der Waals surface area contributed by atoms with Gasteiger partial charge in [0, 0.05) is 17.3 Å². The quantitative estimate of drug-likeness (QED) is 0.773. The SMILES string of the molecule is CC(C)c1ccc(/C=C/C(=O)Nc2ccc(C[NH+]3CCOCC3)cc2)cc1. The van der Waals surface area contributed by atoms with Gasteiger partial charge in [0.15, 0.2) is 0 Å². The number of benzene rings is 2. The lowest BCUT2D eigenvalue weighted by Crippen LogP contribution is -3.12. The first-order valence-corrected chi connectivity index (χ1v) is 9.69. The maximum Gasteiger partial charge on any atom is 0.248 e. The van der Waals surface area contributed by atoms with Crippen LogP contribution in [0.2, 0.25) is 0 Å². The van der Waals surface area contributed by atoms with Gasteiger partial charge in [0.1, 0.15) is 19.6 Å². The molecule has 1 amide bonds. The normalized spacial score (nSPS) is 15.4. The van der Waals surface area contributed by atoms with Crippen LogP contribution in [0.4, 0.5) is 5.69 Å². The van der Waals surface area contributed by atoms with Gasteiger partial charge in [-0.15, -0.1) is 0 Å². The van der Waals surface area contributed by atoms with E-state index in [-0.39, 0.29) is 5.91 Å². The molecule has 2 aromatic carbocycles. The Labute approximate surface area is 161 Å². The Morgan fingerprint density at radius 1 is 1.07 bits per heavy atom. The predicted octanol–water partition coefficient (Wildman–Crippen LogP) is 2.88. The number of hydrogen-bond acceptors (Lipinski definition) is 2. The van der Waals surface area contributed by atoms with Crippen molar-refractivity contribution in [1.82, 2.24) is 0 Å². The number of morpholine rings is 1. The minimum atomic E-state index is -0.116. The predicted molar refractivity (Wildman–Crippen MR) is 110 cm³/mol. The summed E-state index contributed by atoms with van der Waals surface area (Å²) in [6.45, 7) is 9.15. The van der Waals surface area contributed by atoms with Crippen molar-refractivity contribution in [2.45, 2.75) is 26.3 Å². The van der Waals surface area contributed by atoms with Gasteiger partial charge in [0.05, 0.1) is 13.2 Å². The van der Waals surface area contributed by atoms with Crippen LogP contribution in [0.25, 0.3) is 6.08 Å². The van der Waals surface area contributed by atoms with Crippen LogP contribution in [0.1, 0.15) is 36.5 Å². The maximum atomic E-state index is 12.1. The number of carbonyl (C=O) groups is 1. The summed E-state index contributed by atoms with van der Waals surface area (Å²) in [5, 5.41) is 2.92. The Kier molecular flexibility index (Phi) is 6.80. The molecule has 27 heavy (non-hydrogen) atoms. The van der Waals surface area contributed by atoms with Crippen LogP contribution in [-0.4, -0.2) is 32.2 Å². The molecule has 0 unspecified atom stereocenters. The van der Waals surface area contributed by atoms with Gasteiger partial charge in [-0.05, 0) is 35.3 Å². The van der Waals surface area contributed by atoms with Gasteiger partial charge in [-0.1, -0.05) is 50.2 Å². The second-order valence-electron chi connectivity index (χ2n) is 7.38. The van der Waals surface area contributed by atoms with E-state index in [0.29, 0.717) is 5.92 Å². The largest absolute Gasteiger partial charge is 0.370 e. The number of amides is 1. The first-order valence-electron chi connectivity index (χ1n) is 9.69. The minimum Gasteiger partial charge on any atom is -0.370 e. The third-order valence-corrected chi connectivity index (χ3v) is 4.91. The van der Waals surface area contributed by atoms with E-state index in [2.05, 4.69) is 43.4 Å². The molecule has 1 saturated heterocycles. The highest BCUT2D eigenvalue weighted by Gasteiger charge is 2.13. The van der Waals surface area contributed by atoms with E-state index in [4.69, 9.17) is 4.74 Å². The Balaban J connectivity index is 1.51. The summed E-state index contributed by atoms with van der Waals surface area (Å²) in [7, 11) is 0. The summed E-state index contributed by atoms with van der Waals surface area (Å²) in [6.07, 6.45) is 3.42. The van der Waals surface area contributed by atoms with Crippen molar-refractivity contribution in [3.8, 4) is 0 Å². The number of nitrogens with one attached hydrogen (secondary N) is 2.